The summed E-state index contributed by atoms with van der Waals surface area (Å²) in [5.41, 5.74) is 1.04. The van der Waals surface area contributed by atoms with Crippen LogP contribution in [0, 0.1) is 0 Å². The number of alkyl halides is 3. The van der Waals surface area contributed by atoms with Crippen molar-refractivity contribution >= 4 is 62.0 Å². The first-order valence-corrected chi connectivity index (χ1v) is 10.2. The minimum atomic E-state index is -4.76. The molecule has 2 N–H and O–H groups in total. The maximum absolute atomic E-state index is 14.0. The van der Waals surface area contributed by atoms with Crippen LogP contribution in [-0.4, -0.2) is 11.2 Å². The Morgan fingerprint density at radius 2 is 1.86 bits per heavy atom. The van der Waals surface area contributed by atoms with E-state index in [1.54, 1.807) is 25.1 Å². The molecule has 0 saturated heterocycles. The van der Waals surface area contributed by atoms with Gasteiger partial charge in [0.2, 0.25) is 5.60 Å². The topological polar surface area (TPSA) is 33.3 Å². The zero-order valence-electron chi connectivity index (χ0n) is 14.8. The van der Waals surface area contributed by atoms with Gasteiger partial charge in [-0.3, -0.25) is 10.3 Å². The lowest BCUT2D eigenvalue weighted by Gasteiger charge is -2.28. The number of hydrogen-bond acceptors (Lipinski definition) is 3. The summed E-state index contributed by atoms with van der Waals surface area (Å²) >= 11 is 20.3. The average molecular weight is 526 g/mol. The fourth-order valence-electron chi connectivity index (χ4n) is 2.83. The van der Waals surface area contributed by atoms with Gasteiger partial charge in [0.1, 0.15) is 0 Å². The summed E-state index contributed by atoms with van der Waals surface area (Å²) in [5.74, 6) is 0. The second kappa shape index (κ2) is 8.43. The van der Waals surface area contributed by atoms with Crippen molar-refractivity contribution in [2.24, 2.45) is 0 Å². The number of halogens is 6. The first-order chi connectivity index (χ1) is 13.5. The molecule has 1 unspecified atom stereocenters. The van der Waals surface area contributed by atoms with Crippen molar-refractivity contribution in [3.63, 3.8) is 0 Å². The molecule has 1 atom stereocenters. The third-order valence-corrected chi connectivity index (χ3v) is 5.59. The smallest absolute Gasteiger partial charge is 0.376 e. The number of rotatable bonds is 4. The van der Waals surface area contributed by atoms with Crippen molar-refractivity contribution in [3.8, 4) is 0 Å². The van der Waals surface area contributed by atoms with Gasteiger partial charge in [0.05, 0.1) is 10.7 Å². The van der Waals surface area contributed by atoms with Crippen molar-refractivity contribution in [2.75, 3.05) is 0 Å². The molecule has 10 heteroatoms. The van der Waals surface area contributed by atoms with Gasteiger partial charge in [-0.25, -0.2) is 0 Å². The molecule has 0 spiro atoms. The fourth-order valence-corrected chi connectivity index (χ4v) is 3.95. The van der Waals surface area contributed by atoms with Crippen LogP contribution in [0.25, 0.3) is 5.70 Å². The molecule has 0 aromatic heterocycles. The molecular weight excluding hydrogens is 512 g/mol. The van der Waals surface area contributed by atoms with E-state index in [0.29, 0.717) is 17.1 Å². The van der Waals surface area contributed by atoms with Crippen LogP contribution in [0.4, 0.5) is 13.2 Å². The van der Waals surface area contributed by atoms with Crippen LogP contribution >= 0.6 is 51.3 Å². The summed E-state index contributed by atoms with van der Waals surface area (Å²) in [6, 6.07) is 8.91. The van der Waals surface area contributed by atoms with Crippen molar-refractivity contribution in [1.82, 2.24) is 10.8 Å². The van der Waals surface area contributed by atoms with E-state index in [4.69, 9.17) is 40.3 Å². The molecule has 0 radical (unpaired) electrons. The third kappa shape index (κ3) is 4.72. The maximum Gasteiger partial charge on any atom is 0.428 e. The largest absolute Gasteiger partial charge is 0.428 e. The van der Waals surface area contributed by atoms with E-state index >= 15 is 0 Å². The van der Waals surface area contributed by atoms with Gasteiger partial charge in [0.25, 0.3) is 0 Å². The molecule has 3 rings (SSSR count). The van der Waals surface area contributed by atoms with Crippen molar-refractivity contribution < 1.29 is 18.0 Å². The minimum Gasteiger partial charge on any atom is -0.376 e. The Morgan fingerprint density at radius 1 is 1.21 bits per heavy atom. The molecule has 3 nitrogen and oxygen atoms in total. The van der Waals surface area contributed by atoms with Gasteiger partial charge in [0.15, 0.2) is 0 Å². The number of benzene rings is 2. The van der Waals surface area contributed by atoms with Crippen LogP contribution in [0.1, 0.15) is 23.6 Å². The van der Waals surface area contributed by atoms with Crippen molar-refractivity contribution in [3.05, 3.63) is 73.7 Å². The van der Waals surface area contributed by atoms with E-state index in [0.717, 1.165) is 16.1 Å². The Morgan fingerprint density at radius 3 is 2.41 bits per heavy atom. The number of nitrogens with one attached hydrogen (secondary N) is 2. The molecular formula is C19H14BrCl2F3N2OS. The molecule has 1 heterocycles. The van der Waals surface area contributed by atoms with Crippen molar-refractivity contribution in [2.45, 2.75) is 25.2 Å². The Balaban J connectivity index is 2.01. The molecule has 2 aromatic rings. The molecule has 0 aliphatic carbocycles. The molecule has 0 saturated carbocycles. The van der Waals surface area contributed by atoms with Gasteiger partial charge in [-0.15, -0.1) is 0 Å². The molecule has 2 aromatic carbocycles. The lowest BCUT2D eigenvalue weighted by Crippen LogP contribution is -2.42. The molecule has 154 valence electrons. The first kappa shape index (κ1) is 22.4. The van der Waals surface area contributed by atoms with Gasteiger partial charge in [0, 0.05) is 32.2 Å². The summed E-state index contributed by atoms with van der Waals surface area (Å²) in [6.07, 6.45) is -3.77. The normalized spacial score (nSPS) is 18.9. The minimum absolute atomic E-state index is 0.0787. The zero-order valence-corrected chi connectivity index (χ0v) is 18.7. The number of thiocarbonyl (C=S) groups is 1. The first-order valence-electron chi connectivity index (χ1n) is 8.25. The highest BCUT2D eigenvalue weighted by atomic mass is 79.9. The second-order valence-electron chi connectivity index (χ2n) is 6.37. The standard InChI is InChI=1S/C19H14BrCl2F3N2OS/c1-10(29)26-9-12-3-2-11(4-16(12)20)17-8-18(28-27-17,19(23,24)25)13-5-14(21)7-15(22)6-13/h2-8,27H,9H2,1H3,(H,26,29). The average Bonchev–Trinajstić information content (AvgIpc) is 3.06. The van der Waals surface area contributed by atoms with Crippen LogP contribution in [0.2, 0.25) is 10.0 Å². The van der Waals surface area contributed by atoms with E-state index in [9.17, 15) is 13.2 Å². The lowest BCUT2D eigenvalue weighted by molar-refractivity contribution is -0.269. The summed E-state index contributed by atoms with van der Waals surface area (Å²) in [5, 5.41) is 3.19. The van der Waals surface area contributed by atoms with E-state index < -0.39 is 11.8 Å². The predicted molar refractivity (Wildman–Crippen MR) is 116 cm³/mol. The summed E-state index contributed by atoms with van der Waals surface area (Å²) in [4.78, 5) is 5.73. The van der Waals surface area contributed by atoms with E-state index in [1.807, 2.05) is 0 Å². The number of hydroxylamine groups is 1. The zero-order chi connectivity index (χ0) is 21.4. The van der Waals surface area contributed by atoms with Crippen LogP contribution in [-0.2, 0) is 17.0 Å². The van der Waals surface area contributed by atoms with Gasteiger partial charge in [-0.05, 0) is 42.8 Å². The highest BCUT2D eigenvalue weighted by Gasteiger charge is 2.59. The van der Waals surface area contributed by atoms with Crippen LogP contribution in [0.15, 0.2) is 46.9 Å². The van der Waals surface area contributed by atoms with E-state index in [-0.39, 0.29) is 21.3 Å². The highest BCUT2D eigenvalue weighted by molar-refractivity contribution is 9.10. The SMILES string of the molecule is CC(=S)NCc1ccc(C2=CC(c3cc(Cl)cc(Cl)c3)(C(F)(F)F)ON2)cc1Br. The lowest BCUT2D eigenvalue weighted by atomic mass is 9.91. The molecule has 1 aliphatic heterocycles. The highest BCUT2D eigenvalue weighted by Crippen LogP contribution is 2.48. The maximum atomic E-state index is 14.0. The molecule has 29 heavy (non-hydrogen) atoms. The summed E-state index contributed by atoms with van der Waals surface area (Å²) < 4.78 is 42.9. The fraction of sp³-hybridized carbons (Fsp3) is 0.211. The van der Waals surface area contributed by atoms with Gasteiger partial charge < -0.3 is 5.32 Å². The van der Waals surface area contributed by atoms with Crippen molar-refractivity contribution in [1.29, 1.82) is 0 Å². The van der Waals surface area contributed by atoms with Gasteiger partial charge >= 0.3 is 6.18 Å². The molecule has 1 aliphatic rings. The van der Waals surface area contributed by atoms with E-state index in [1.165, 1.54) is 18.2 Å². The third-order valence-electron chi connectivity index (χ3n) is 4.27. The van der Waals surface area contributed by atoms with Crippen LogP contribution < -0.4 is 10.8 Å². The quantitative estimate of drug-likeness (QED) is 0.445. The second-order valence-corrected chi connectivity index (χ2v) is 8.71. The van der Waals surface area contributed by atoms with Gasteiger partial charge in [-0.1, -0.05) is 63.5 Å². The Kier molecular flexibility index (Phi) is 6.50. The van der Waals surface area contributed by atoms with Gasteiger partial charge in [-0.2, -0.15) is 13.2 Å². The summed E-state index contributed by atoms with van der Waals surface area (Å²) in [7, 11) is 0. The Bertz CT molecular complexity index is 980. The van der Waals surface area contributed by atoms with E-state index in [2.05, 4.69) is 26.7 Å². The Labute approximate surface area is 189 Å². The van der Waals surface area contributed by atoms with Crippen LogP contribution in [0.5, 0.6) is 0 Å². The predicted octanol–water partition coefficient (Wildman–Crippen LogP) is 6.53. The summed E-state index contributed by atoms with van der Waals surface area (Å²) in [6.45, 7) is 2.26. The molecule has 0 bridgehead atoms. The Hall–Kier alpha value is -1.32. The molecule has 0 fully saturated rings. The number of hydrogen-bond donors (Lipinski definition) is 2. The monoisotopic (exact) mass is 524 g/mol. The van der Waals surface area contributed by atoms with Crippen LogP contribution in [0.3, 0.4) is 0 Å². The molecule has 0 amide bonds.